The van der Waals surface area contributed by atoms with E-state index in [9.17, 15) is 9.59 Å². The summed E-state index contributed by atoms with van der Waals surface area (Å²) >= 11 is 0. The van der Waals surface area contributed by atoms with Crippen molar-refractivity contribution in [3.8, 4) is 0 Å². The maximum Gasteiger partial charge on any atom is 0.253 e. The fourth-order valence-electron chi connectivity index (χ4n) is 3.16. The Bertz CT molecular complexity index is 753. The molecule has 3 rings (SSSR count). The van der Waals surface area contributed by atoms with Crippen LogP contribution in [0.2, 0.25) is 0 Å². The van der Waals surface area contributed by atoms with Crippen molar-refractivity contribution in [2.24, 2.45) is 0 Å². The van der Waals surface area contributed by atoms with E-state index in [2.05, 4.69) is 10.6 Å². The summed E-state index contributed by atoms with van der Waals surface area (Å²) in [5.74, 6) is -0.270. The molecule has 0 aromatic heterocycles. The third-order valence-electron chi connectivity index (χ3n) is 4.82. The normalized spacial score (nSPS) is 15.3. The molecule has 5 nitrogen and oxygen atoms in total. The summed E-state index contributed by atoms with van der Waals surface area (Å²) in [7, 11) is 0. The number of carbonyl (C=O) groups is 2. The Morgan fingerprint density at radius 3 is 2.37 bits per heavy atom. The van der Waals surface area contributed by atoms with Gasteiger partial charge in [0.15, 0.2) is 0 Å². The van der Waals surface area contributed by atoms with Crippen LogP contribution >= 0.6 is 0 Å². The molecule has 0 saturated heterocycles. The van der Waals surface area contributed by atoms with Crippen molar-refractivity contribution in [2.45, 2.75) is 51.4 Å². The molecule has 2 aromatic rings. The predicted molar refractivity (Wildman–Crippen MR) is 105 cm³/mol. The van der Waals surface area contributed by atoms with Gasteiger partial charge < -0.3 is 15.4 Å². The monoisotopic (exact) mass is 366 g/mol. The molecule has 1 saturated carbocycles. The van der Waals surface area contributed by atoms with E-state index in [4.69, 9.17) is 4.74 Å². The number of amides is 2. The first-order valence-corrected chi connectivity index (χ1v) is 9.49. The Kier molecular flexibility index (Phi) is 6.60. The number of carbonyl (C=O) groups excluding carboxylic acids is 2. The standard InChI is InChI=1S/C22H26N2O3/c1-16(27-15-17-7-3-2-4-8-17)21(25)23-20-13-11-18(12-14-20)22(26)24-19-9-5-6-10-19/h2-4,7-8,11-14,16,19H,5-6,9-10,15H2,1H3,(H,23,25)(H,24,26). The van der Waals surface area contributed by atoms with Gasteiger partial charge in [-0.25, -0.2) is 0 Å². The van der Waals surface area contributed by atoms with Gasteiger partial charge in [0.2, 0.25) is 0 Å². The number of ether oxygens (including phenoxy) is 1. The third-order valence-corrected chi connectivity index (χ3v) is 4.82. The summed E-state index contributed by atoms with van der Waals surface area (Å²) in [6, 6.07) is 17.0. The number of hydrogen-bond donors (Lipinski definition) is 2. The molecule has 0 heterocycles. The van der Waals surface area contributed by atoms with Crippen molar-refractivity contribution in [1.82, 2.24) is 5.32 Å². The number of benzene rings is 2. The molecule has 0 aliphatic heterocycles. The van der Waals surface area contributed by atoms with Crippen molar-refractivity contribution in [3.63, 3.8) is 0 Å². The predicted octanol–water partition coefficient (Wildman–Crippen LogP) is 3.90. The first kappa shape index (κ1) is 19.1. The number of nitrogens with one attached hydrogen (secondary N) is 2. The minimum absolute atomic E-state index is 0.0562. The molecule has 2 amide bonds. The highest BCUT2D eigenvalue weighted by Gasteiger charge is 2.18. The van der Waals surface area contributed by atoms with Crippen molar-refractivity contribution in [1.29, 1.82) is 0 Å². The molecule has 27 heavy (non-hydrogen) atoms. The topological polar surface area (TPSA) is 67.4 Å². The van der Waals surface area contributed by atoms with Crippen molar-refractivity contribution in [2.75, 3.05) is 5.32 Å². The molecule has 0 bridgehead atoms. The summed E-state index contributed by atoms with van der Waals surface area (Å²) in [5, 5.41) is 5.88. The average Bonchev–Trinajstić information content (AvgIpc) is 3.20. The van der Waals surface area contributed by atoms with E-state index < -0.39 is 6.10 Å². The van der Waals surface area contributed by atoms with Gasteiger partial charge in [-0.3, -0.25) is 9.59 Å². The van der Waals surface area contributed by atoms with Crippen LogP contribution in [0.1, 0.15) is 48.5 Å². The number of hydrogen-bond acceptors (Lipinski definition) is 3. The molecule has 1 aliphatic rings. The van der Waals surface area contributed by atoms with Gasteiger partial charge in [-0.1, -0.05) is 43.2 Å². The zero-order chi connectivity index (χ0) is 19.1. The zero-order valence-corrected chi connectivity index (χ0v) is 15.6. The van der Waals surface area contributed by atoms with Crippen LogP contribution in [0.25, 0.3) is 0 Å². The molecular formula is C22H26N2O3. The molecule has 2 N–H and O–H groups in total. The number of anilines is 1. The summed E-state index contributed by atoms with van der Waals surface area (Å²) in [6.07, 6.45) is 3.90. The van der Waals surface area contributed by atoms with E-state index in [1.807, 2.05) is 30.3 Å². The lowest BCUT2D eigenvalue weighted by Gasteiger charge is -2.14. The zero-order valence-electron chi connectivity index (χ0n) is 15.6. The van der Waals surface area contributed by atoms with Crippen LogP contribution in [0, 0.1) is 0 Å². The molecule has 1 aliphatic carbocycles. The van der Waals surface area contributed by atoms with E-state index in [0.29, 0.717) is 23.9 Å². The summed E-state index contributed by atoms with van der Waals surface area (Å²) in [4.78, 5) is 24.5. The van der Waals surface area contributed by atoms with Gasteiger partial charge in [0.05, 0.1) is 6.61 Å². The van der Waals surface area contributed by atoms with Gasteiger partial charge in [0.1, 0.15) is 6.10 Å². The Morgan fingerprint density at radius 2 is 1.70 bits per heavy atom. The lowest BCUT2D eigenvalue weighted by molar-refractivity contribution is -0.127. The lowest BCUT2D eigenvalue weighted by Crippen LogP contribution is -2.32. The largest absolute Gasteiger partial charge is 0.364 e. The molecule has 0 spiro atoms. The van der Waals surface area contributed by atoms with Gasteiger partial charge in [-0.05, 0) is 49.6 Å². The maximum atomic E-state index is 12.3. The molecule has 5 heteroatoms. The summed E-state index contributed by atoms with van der Waals surface area (Å²) in [6.45, 7) is 2.11. The minimum atomic E-state index is -0.574. The first-order chi connectivity index (χ1) is 13.1. The molecule has 0 radical (unpaired) electrons. The second kappa shape index (κ2) is 9.33. The van der Waals surface area contributed by atoms with Gasteiger partial charge in [0.25, 0.3) is 11.8 Å². The lowest BCUT2D eigenvalue weighted by atomic mass is 10.1. The van der Waals surface area contributed by atoms with Crippen LogP contribution in [0.3, 0.4) is 0 Å². The van der Waals surface area contributed by atoms with Crippen molar-refractivity contribution < 1.29 is 14.3 Å². The third kappa shape index (κ3) is 5.66. The van der Waals surface area contributed by atoms with Gasteiger partial charge >= 0.3 is 0 Å². The second-order valence-corrected chi connectivity index (χ2v) is 6.96. The quantitative estimate of drug-likeness (QED) is 0.781. The second-order valence-electron chi connectivity index (χ2n) is 6.96. The van der Waals surface area contributed by atoms with Crippen molar-refractivity contribution >= 4 is 17.5 Å². The summed E-state index contributed by atoms with van der Waals surface area (Å²) < 4.78 is 5.62. The average molecular weight is 366 g/mol. The van der Waals surface area contributed by atoms with Crippen LogP contribution in [0.5, 0.6) is 0 Å². The van der Waals surface area contributed by atoms with E-state index >= 15 is 0 Å². The molecular weight excluding hydrogens is 340 g/mol. The molecule has 142 valence electrons. The fraction of sp³-hybridized carbons (Fsp3) is 0.364. The van der Waals surface area contributed by atoms with E-state index in [1.54, 1.807) is 31.2 Å². The smallest absolute Gasteiger partial charge is 0.253 e. The maximum absolute atomic E-state index is 12.3. The SMILES string of the molecule is CC(OCc1ccccc1)C(=O)Nc1ccc(C(=O)NC2CCCC2)cc1. The molecule has 1 unspecified atom stereocenters. The van der Waals surface area contributed by atoms with Gasteiger partial charge in [-0.15, -0.1) is 0 Å². The van der Waals surface area contributed by atoms with Gasteiger partial charge in [0, 0.05) is 17.3 Å². The van der Waals surface area contributed by atoms with Gasteiger partial charge in [-0.2, -0.15) is 0 Å². The highest BCUT2D eigenvalue weighted by Crippen LogP contribution is 2.18. The molecule has 1 atom stereocenters. The highest BCUT2D eigenvalue weighted by molar-refractivity contribution is 5.96. The van der Waals surface area contributed by atoms with E-state index in [1.165, 1.54) is 12.8 Å². The minimum Gasteiger partial charge on any atom is -0.364 e. The van der Waals surface area contributed by atoms with Crippen LogP contribution in [-0.4, -0.2) is 24.0 Å². The molecule has 1 fully saturated rings. The van der Waals surface area contributed by atoms with E-state index in [0.717, 1.165) is 18.4 Å². The number of rotatable bonds is 7. The van der Waals surface area contributed by atoms with Crippen molar-refractivity contribution in [3.05, 3.63) is 65.7 Å². The first-order valence-electron chi connectivity index (χ1n) is 9.49. The van der Waals surface area contributed by atoms with E-state index in [-0.39, 0.29) is 11.8 Å². The Hall–Kier alpha value is -2.66. The van der Waals surface area contributed by atoms with Crippen LogP contribution in [0.4, 0.5) is 5.69 Å². The van der Waals surface area contributed by atoms with Crippen LogP contribution in [0.15, 0.2) is 54.6 Å². The Labute approximate surface area is 160 Å². The van der Waals surface area contributed by atoms with Crippen LogP contribution in [-0.2, 0) is 16.1 Å². The highest BCUT2D eigenvalue weighted by atomic mass is 16.5. The van der Waals surface area contributed by atoms with Crippen LogP contribution < -0.4 is 10.6 Å². The summed E-state index contributed by atoms with van der Waals surface area (Å²) in [5.41, 5.74) is 2.27. The Morgan fingerprint density at radius 1 is 1.04 bits per heavy atom. The Balaban J connectivity index is 1.48. The molecule has 2 aromatic carbocycles. The fourth-order valence-corrected chi connectivity index (χ4v) is 3.16.